The molecule has 0 unspecified atom stereocenters. The van der Waals surface area contributed by atoms with Crippen molar-refractivity contribution in [1.29, 1.82) is 0 Å². The van der Waals surface area contributed by atoms with E-state index < -0.39 is 11.9 Å². The van der Waals surface area contributed by atoms with E-state index >= 15 is 0 Å². The minimum Gasteiger partial charge on any atom is -0.490 e. The molecule has 0 spiro atoms. The van der Waals surface area contributed by atoms with Crippen LogP contribution in [0.3, 0.4) is 0 Å². The highest BCUT2D eigenvalue weighted by atomic mass is 35.5. The third-order valence-electron chi connectivity index (χ3n) is 6.08. The molecule has 5 rings (SSSR count). The fourth-order valence-electron chi connectivity index (χ4n) is 4.24. The van der Waals surface area contributed by atoms with Crippen molar-refractivity contribution >= 4 is 63.8 Å². The minimum atomic E-state index is -0.658. The van der Waals surface area contributed by atoms with Gasteiger partial charge in [-0.1, -0.05) is 71.2 Å². The Bertz CT molecular complexity index is 1800. The van der Waals surface area contributed by atoms with Crippen molar-refractivity contribution < 1.29 is 19.1 Å². The number of hydrogen-bond donors (Lipinski definition) is 2. The number of nitrogens with zero attached hydrogens (tertiary/aromatic N) is 1. The molecule has 1 heterocycles. The fourth-order valence-corrected chi connectivity index (χ4v) is 4.96. The normalized spacial score (nSPS) is 11.1. The Morgan fingerprint density at radius 1 is 0.902 bits per heavy atom. The summed E-state index contributed by atoms with van der Waals surface area (Å²) in [5.41, 5.74) is 5.87. The number of halogens is 3. The molecule has 0 saturated carbocycles. The first-order valence-corrected chi connectivity index (χ1v) is 13.6. The molecule has 0 aliphatic heterocycles. The number of benzene rings is 4. The number of carbonyl (C=O) groups is 2. The van der Waals surface area contributed by atoms with Crippen molar-refractivity contribution in [2.24, 2.45) is 5.10 Å². The molecular formula is C31H22Cl3N3O4. The topological polar surface area (TPSA) is 92.8 Å². The van der Waals surface area contributed by atoms with Crippen LogP contribution in [0, 0.1) is 0 Å². The van der Waals surface area contributed by atoms with Crippen molar-refractivity contribution in [3.05, 3.63) is 117 Å². The maximum absolute atomic E-state index is 13.2. The molecule has 2 N–H and O–H groups in total. The second-order valence-electron chi connectivity index (χ2n) is 8.75. The molecule has 1 amide bonds. The maximum atomic E-state index is 13.2. The quantitative estimate of drug-likeness (QED) is 0.0806. The van der Waals surface area contributed by atoms with Crippen LogP contribution >= 0.6 is 34.8 Å². The second-order valence-corrected chi connectivity index (χ2v) is 10.0. The van der Waals surface area contributed by atoms with Gasteiger partial charge in [0.05, 0.1) is 23.4 Å². The summed E-state index contributed by atoms with van der Waals surface area (Å²) in [4.78, 5) is 29.1. The lowest BCUT2D eigenvalue weighted by Gasteiger charge is -2.12. The van der Waals surface area contributed by atoms with Gasteiger partial charge in [-0.15, -0.1) is 0 Å². The van der Waals surface area contributed by atoms with Gasteiger partial charge in [0.25, 0.3) is 5.91 Å². The molecule has 0 aliphatic rings. The van der Waals surface area contributed by atoms with E-state index in [0.717, 1.165) is 16.5 Å². The van der Waals surface area contributed by atoms with Crippen LogP contribution < -0.4 is 14.9 Å². The number of hydrazone groups is 1. The zero-order valence-corrected chi connectivity index (χ0v) is 23.8. The number of rotatable bonds is 8. The van der Waals surface area contributed by atoms with Crippen molar-refractivity contribution in [2.45, 2.75) is 6.92 Å². The molecule has 5 aromatic rings. The van der Waals surface area contributed by atoms with E-state index in [1.165, 1.54) is 18.3 Å². The SMILES string of the molecule is CCOc1cc(C=NNC(=O)c2[nH]c3ccccc3c2-c2ccccc2Cl)ccc1OC(=O)c1ccc(Cl)cc1Cl. The van der Waals surface area contributed by atoms with Gasteiger partial charge in [-0.2, -0.15) is 5.10 Å². The standard InChI is InChI=1S/C31H22Cl3N3O4/c1-2-40-27-15-18(11-14-26(27)41-31(39)21-13-12-19(32)16-24(21)34)17-35-37-30(38)29-28(20-7-3-5-9-23(20)33)22-8-4-6-10-25(22)36-29/h3-17,36H,2H2,1H3,(H,37,38). The molecule has 0 atom stereocenters. The van der Waals surface area contributed by atoms with Crippen LogP contribution in [0.15, 0.2) is 90.0 Å². The van der Waals surface area contributed by atoms with Crippen molar-refractivity contribution in [3.8, 4) is 22.6 Å². The van der Waals surface area contributed by atoms with Crippen molar-refractivity contribution in [2.75, 3.05) is 6.61 Å². The summed E-state index contributed by atoms with van der Waals surface area (Å²) in [5, 5.41) is 6.10. The highest BCUT2D eigenvalue weighted by Crippen LogP contribution is 2.36. The zero-order chi connectivity index (χ0) is 28.9. The van der Waals surface area contributed by atoms with Gasteiger partial charge in [0, 0.05) is 32.1 Å². The summed E-state index contributed by atoms with van der Waals surface area (Å²) >= 11 is 18.5. The number of hydrogen-bond acceptors (Lipinski definition) is 5. The molecule has 10 heteroatoms. The first-order chi connectivity index (χ1) is 19.9. The Hall–Kier alpha value is -4.30. The van der Waals surface area contributed by atoms with Crippen LogP contribution in [-0.4, -0.2) is 29.7 Å². The summed E-state index contributed by atoms with van der Waals surface area (Å²) in [6.07, 6.45) is 1.46. The number of esters is 1. The van der Waals surface area contributed by atoms with E-state index in [2.05, 4.69) is 15.5 Å². The Balaban J connectivity index is 1.36. The number of fused-ring (bicyclic) bond motifs is 1. The predicted molar refractivity (Wildman–Crippen MR) is 163 cm³/mol. The molecule has 41 heavy (non-hydrogen) atoms. The van der Waals surface area contributed by atoms with E-state index in [4.69, 9.17) is 44.3 Å². The van der Waals surface area contributed by atoms with Gasteiger partial charge >= 0.3 is 5.97 Å². The van der Waals surface area contributed by atoms with Crippen LogP contribution in [0.1, 0.15) is 33.3 Å². The van der Waals surface area contributed by atoms with Gasteiger partial charge in [-0.05, 0) is 61.0 Å². The lowest BCUT2D eigenvalue weighted by molar-refractivity contribution is 0.0728. The van der Waals surface area contributed by atoms with Crippen molar-refractivity contribution in [3.63, 3.8) is 0 Å². The lowest BCUT2D eigenvalue weighted by Crippen LogP contribution is -2.19. The number of H-pyrrole nitrogens is 1. The Kier molecular flexibility index (Phi) is 8.59. The van der Waals surface area contributed by atoms with Crippen LogP contribution in [0.2, 0.25) is 15.1 Å². The monoisotopic (exact) mass is 605 g/mol. The Morgan fingerprint density at radius 3 is 2.46 bits per heavy atom. The summed E-state index contributed by atoms with van der Waals surface area (Å²) < 4.78 is 11.2. The molecular weight excluding hydrogens is 585 g/mol. The molecule has 7 nitrogen and oxygen atoms in total. The molecule has 0 bridgehead atoms. The average molecular weight is 607 g/mol. The number of nitrogens with one attached hydrogen (secondary N) is 2. The van der Waals surface area contributed by atoms with Crippen molar-refractivity contribution in [1.82, 2.24) is 10.4 Å². The van der Waals surface area contributed by atoms with Gasteiger partial charge in [0.15, 0.2) is 11.5 Å². The van der Waals surface area contributed by atoms with Crippen LogP contribution in [-0.2, 0) is 0 Å². The van der Waals surface area contributed by atoms with Gasteiger partial charge in [-0.3, -0.25) is 4.79 Å². The summed E-state index contributed by atoms with van der Waals surface area (Å²) in [7, 11) is 0. The average Bonchev–Trinajstić information content (AvgIpc) is 3.34. The molecule has 0 aliphatic carbocycles. The smallest absolute Gasteiger partial charge is 0.345 e. The van der Waals surface area contributed by atoms with Crippen LogP contribution in [0.4, 0.5) is 0 Å². The number of carbonyl (C=O) groups excluding carboxylic acids is 2. The highest BCUT2D eigenvalue weighted by molar-refractivity contribution is 6.36. The number of amides is 1. The molecule has 0 saturated heterocycles. The number of ether oxygens (including phenoxy) is 2. The molecule has 0 fully saturated rings. The van der Waals surface area contributed by atoms with Crippen LogP contribution in [0.5, 0.6) is 11.5 Å². The Labute approximate surface area is 250 Å². The van der Waals surface area contributed by atoms with Gasteiger partial charge in [0.1, 0.15) is 5.69 Å². The highest BCUT2D eigenvalue weighted by Gasteiger charge is 2.21. The third kappa shape index (κ3) is 6.23. The number of para-hydroxylation sites is 1. The first-order valence-electron chi connectivity index (χ1n) is 12.5. The van der Waals surface area contributed by atoms with E-state index in [1.54, 1.807) is 37.3 Å². The summed E-state index contributed by atoms with van der Waals surface area (Å²) in [6.45, 7) is 2.13. The first kappa shape index (κ1) is 28.2. The summed E-state index contributed by atoms with van der Waals surface area (Å²) in [5.74, 6) is -0.582. The molecule has 4 aromatic carbocycles. The van der Waals surface area contributed by atoms with E-state index in [9.17, 15) is 9.59 Å². The Morgan fingerprint density at radius 2 is 1.68 bits per heavy atom. The summed E-state index contributed by atoms with van der Waals surface area (Å²) in [6, 6.07) is 24.3. The number of aromatic nitrogens is 1. The second kappa shape index (κ2) is 12.5. The van der Waals surface area contributed by atoms with Gasteiger partial charge in [-0.25, -0.2) is 10.2 Å². The minimum absolute atomic E-state index is 0.167. The molecule has 1 aromatic heterocycles. The van der Waals surface area contributed by atoms with Crippen LogP contribution in [0.25, 0.3) is 22.0 Å². The number of aromatic amines is 1. The van der Waals surface area contributed by atoms with E-state index in [0.29, 0.717) is 39.2 Å². The van der Waals surface area contributed by atoms with E-state index in [-0.39, 0.29) is 16.3 Å². The lowest BCUT2D eigenvalue weighted by atomic mass is 10.0. The molecule has 0 radical (unpaired) electrons. The third-order valence-corrected chi connectivity index (χ3v) is 6.95. The van der Waals surface area contributed by atoms with Gasteiger partial charge < -0.3 is 14.5 Å². The fraction of sp³-hybridized carbons (Fsp3) is 0.0645. The predicted octanol–water partition coefficient (Wildman–Crippen LogP) is 8.18. The largest absolute Gasteiger partial charge is 0.490 e. The van der Waals surface area contributed by atoms with E-state index in [1.807, 2.05) is 42.5 Å². The van der Waals surface area contributed by atoms with Gasteiger partial charge in [0.2, 0.25) is 0 Å². The molecule has 206 valence electrons. The maximum Gasteiger partial charge on any atom is 0.345 e. The zero-order valence-electron chi connectivity index (χ0n) is 21.6.